The smallest absolute Gasteiger partial charge is 0.348 e. The highest BCUT2D eigenvalue weighted by Crippen LogP contribution is 2.28. The van der Waals surface area contributed by atoms with Crippen LogP contribution >= 0.6 is 22.9 Å². The predicted octanol–water partition coefficient (Wildman–Crippen LogP) is 3.80. The predicted molar refractivity (Wildman–Crippen MR) is 75.4 cm³/mol. The maximum absolute atomic E-state index is 13.0. The van der Waals surface area contributed by atoms with Gasteiger partial charge >= 0.3 is 5.97 Å². The number of halogens is 2. The van der Waals surface area contributed by atoms with E-state index in [1.807, 2.05) is 0 Å². The van der Waals surface area contributed by atoms with Gasteiger partial charge in [-0.3, -0.25) is 4.79 Å². The number of carboxylic acid groups (broad SMARTS) is 1. The Morgan fingerprint density at radius 1 is 1.40 bits per heavy atom. The van der Waals surface area contributed by atoms with Gasteiger partial charge in [0.25, 0.3) is 5.91 Å². The standard InChI is InChI=1S/C13H9ClFNO3S/c1-6-5-20-11(13(18)19)10(6)16-12(17)7-2-3-9(15)8(14)4-7/h2-5H,1H3,(H,16,17)(H,18,19). The van der Waals surface area contributed by atoms with E-state index in [1.54, 1.807) is 12.3 Å². The highest BCUT2D eigenvalue weighted by Gasteiger charge is 2.18. The molecule has 0 saturated heterocycles. The van der Waals surface area contributed by atoms with Crippen molar-refractivity contribution in [1.29, 1.82) is 0 Å². The molecule has 1 heterocycles. The molecule has 0 radical (unpaired) electrons. The fourth-order valence-electron chi connectivity index (χ4n) is 1.58. The van der Waals surface area contributed by atoms with Crippen LogP contribution in [-0.4, -0.2) is 17.0 Å². The summed E-state index contributed by atoms with van der Waals surface area (Å²) in [4.78, 5) is 23.1. The van der Waals surface area contributed by atoms with E-state index < -0.39 is 17.7 Å². The molecule has 104 valence electrons. The quantitative estimate of drug-likeness (QED) is 0.905. The van der Waals surface area contributed by atoms with Crippen LogP contribution in [0, 0.1) is 12.7 Å². The molecule has 0 atom stereocenters. The van der Waals surface area contributed by atoms with E-state index in [0.717, 1.165) is 17.4 Å². The Kier molecular flexibility index (Phi) is 4.06. The molecule has 4 nitrogen and oxygen atoms in total. The van der Waals surface area contributed by atoms with Gasteiger partial charge in [0.2, 0.25) is 0 Å². The fourth-order valence-corrected chi connectivity index (χ4v) is 2.60. The van der Waals surface area contributed by atoms with Crippen molar-refractivity contribution in [2.45, 2.75) is 6.92 Å². The van der Waals surface area contributed by atoms with Crippen LogP contribution in [0.15, 0.2) is 23.6 Å². The number of anilines is 1. The van der Waals surface area contributed by atoms with Gasteiger partial charge in [-0.05, 0) is 36.1 Å². The minimum atomic E-state index is -1.12. The zero-order chi connectivity index (χ0) is 14.9. The summed E-state index contributed by atoms with van der Waals surface area (Å²) in [6.07, 6.45) is 0. The molecule has 1 aromatic heterocycles. The van der Waals surface area contributed by atoms with Crippen molar-refractivity contribution >= 4 is 40.5 Å². The van der Waals surface area contributed by atoms with Crippen molar-refractivity contribution in [2.24, 2.45) is 0 Å². The molecular formula is C13H9ClFNO3S. The molecule has 0 aliphatic heterocycles. The number of carboxylic acids is 1. The number of rotatable bonds is 3. The van der Waals surface area contributed by atoms with Gasteiger partial charge in [0.15, 0.2) is 0 Å². The van der Waals surface area contributed by atoms with Gasteiger partial charge in [-0.15, -0.1) is 11.3 Å². The van der Waals surface area contributed by atoms with Crippen molar-refractivity contribution in [2.75, 3.05) is 5.32 Å². The number of aryl methyl sites for hydroxylation is 1. The largest absolute Gasteiger partial charge is 0.477 e. The SMILES string of the molecule is Cc1csc(C(=O)O)c1NC(=O)c1ccc(F)c(Cl)c1. The molecule has 0 aliphatic rings. The molecule has 0 unspecified atom stereocenters. The molecule has 0 aliphatic carbocycles. The molecule has 2 aromatic rings. The summed E-state index contributed by atoms with van der Waals surface area (Å²) < 4.78 is 13.0. The molecule has 0 fully saturated rings. The van der Waals surface area contributed by atoms with Gasteiger partial charge in [-0.25, -0.2) is 9.18 Å². The Morgan fingerprint density at radius 3 is 2.70 bits per heavy atom. The van der Waals surface area contributed by atoms with Gasteiger partial charge in [0, 0.05) is 5.56 Å². The number of benzene rings is 1. The summed E-state index contributed by atoms with van der Waals surface area (Å²) in [5.74, 6) is -2.28. The van der Waals surface area contributed by atoms with Crippen LogP contribution in [0.3, 0.4) is 0 Å². The average molecular weight is 314 g/mol. The molecular weight excluding hydrogens is 305 g/mol. The fraction of sp³-hybridized carbons (Fsp3) is 0.0769. The van der Waals surface area contributed by atoms with Gasteiger partial charge in [0.1, 0.15) is 10.7 Å². The molecule has 7 heteroatoms. The molecule has 0 spiro atoms. The third-order valence-corrected chi connectivity index (χ3v) is 3.97. The molecule has 0 bridgehead atoms. The molecule has 2 rings (SSSR count). The third-order valence-electron chi connectivity index (χ3n) is 2.59. The summed E-state index contributed by atoms with van der Waals surface area (Å²) in [7, 11) is 0. The Morgan fingerprint density at radius 2 is 2.10 bits per heavy atom. The summed E-state index contributed by atoms with van der Waals surface area (Å²) >= 11 is 6.63. The lowest BCUT2D eigenvalue weighted by Gasteiger charge is -2.07. The first-order valence-electron chi connectivity index (χ1n) is 5.48. The number of aromatic carboxylic acids is 1. The third kappa shape index (κ3) is 2.81. The summed E-state index contributed by atoms with van der Waals surface area (Å²) in [6, 6.07) is 3.54. The molecule has 1 aromatic carbocycles. The van der Waals surface area contributed by atoms with E-state index in [0.29, 0.717) is 5.56 Å². The normalized spacial score (nSPS) is 10.3. The minimum Gasteiger partial charge on any atom is -0.477 e. The van der Waals surface area contributed by atoms with E-state index in [9.17, 15) is 14.0 Å². The highest BCUT2D eigenvalue weighted by atomic mass is 35.5. The second-order valence-electron chi connectivity index (χ2n) is 4.01. The van der Waals surface area contributed by atoms with Crippen molar-refractivity contribution in [3.05, 3.63) is 50.4 Å². The zero-order valence-electron chi connectivity index (χ0n) is 10.2. The second-order valence-corrected chi connectivity index (χ2v) is 5.30. The van der Waals surface area contributed by atoms with Gasteiger partial charge < -0.3 is 10.4 Å². The Hall–Kier alpha value is -1.92. The average Bonchev–Trinajstić information content (AvgIpc) is 2.74. The van der Waals surface area contributed by atoms with Crippen LogP contribution in [0.5, 0.6) is 0 Å². The highest BCUT2D eigenvalue weighted by molar-refractivity contribution is 7.12. The lowest BCUT2D eigenvalue weighted by Crippen LogP contribution is -2.14. The maximum Gasteiger partial charge on any atom is 0.348 e. The lowest BCUT2D eigenvalue weighted by molar-refractivity contribution is 0.0703. The number of hydrogen-bond acceptors (Lipinski definition) is 3. The van der Waals surface area contributed by atoms with Crippen LogP contribution in [0.25, 0.3) is 0 Å². The van der Waals surface area contributed by atoms with E-state index in [4.69, 9.17) is 16.7 Å². The molecule has 2 N–H and O–H groups in total. The second kappa shape index (κ2) is 5.60. The van der Waals surface area contributed by atoms with Crippen molar-refractivity contribution < 1.29 is 19.1 Å². The number of hydrogen-bond donors (Lipinski definition) is 2. The monoisotopic (exact) mass is 313 g/mol. The molecule has 1 amide bonds. The zero-order valence-corrected chi connectivity index (χ0v) is 11.8. The van der Waals surface area contributed by atoms with Crippen LogP contribution in [-0.2, 0) is 0 Å². The topological polar surface area (TPSA) is 66.4 Å². The van der Waals surface area contributed by atoms with Crippen molar-refractivity contribution in [3.8, 4) is 0 Å². The van der Waals surface area contributed by atoms with Gasteiger partial charge in [-0.2, -0.15) is 0 Å². The summed E-state index contributed by atoms with van der Waals surface area (Å²) in [5, 5.41) is 13.0. The van der Waals surface area contributed by atoms with Crippen LogP contribution in [0.2, 0.25) is 5.02 Å². The van der Waals surface area contributed by atoms with Crippen LogP contribution in [0.4, 0.5) is 10.1 Å². The first-order chi connectivity index (χ1) is 9.40. The number of carbonyl (C=O) groups is 2. The molecule has 0 saturated carbocycles. The Bertz CT molecular complexity index is 699. The van der Waals surface area contributed by atoms with Crippen LogP contribution in [0.1, 0.15) is 25.6 Å². The van der Waals surface area contributed by atoms with Crippen LogP contribution < -0.4 is 5.32 Å². The minimum absolute atomic E-state index is 0.0454. The van der Waals surface area contributed by atoms with Crippen molar-refractivity contribution in [3.63, 3.8) is 0 Å². The number of nitrogens with one attached hydrogen (secondary N) is 1. The first-order valence-corrected chi connectivity index (χ1v) is 6.73. The Balaban J connectivity index is 2.30. The maximum atomic E-state index is 13.0. The number of carbonyl (C=O) groups excluding carboxylic acids is 1. The summed E-state index contributed by atoms with van der Waals surface area (Å²) in [5.41, 5.74) is 1.04. The number of thiophene rings is 1. The van der Waals surface area contributed by atoms with E-state index in [-0.39, 0.29) is 21.2 Å². The first kappa shape index (κ1) is 14.5. The van der Waals surface area contributed by atoms with Gasteiger partial charge in [-0.1, -0.05) is 11.6 Å². The van der Waals surface area contributed by atoms with Crippen molar-refractivity contribution in [1.82, 2.24) is 0 Å². The Labute approximate surface area is 122 Å². The summed E-state index contributed by atoms with van der Waals surface area (Å²) in [6.45, 7) is 1.69. The lowest BCUT2D eigenvalue weighted by atomic mass is 10.2. The molecule has 20 heavy (non-hydrogen) atoms. The van der Waals surface area contributed by atoms with E-state index >= 15 is 0 Å². The van der Waals surface area contributed by atoms with Gasteiger partial charge in [0.05, 0.1) is 10.7 Å². The van der Waals surface area contributed by atoms with E-state index in [2.05, 4.69) is 5.32 Å². The number of amides is 1. The van der Waals surface area contributed by atoms with E-state index in [1.165, 1.54) is 12.1 Å².